The molecule has 0 aliphatic carbocycles. The number of ether oxygens (including phenoxy) is 4. The molecule has 0 unspecified atom stereocenters. The summed E-state index contributed by atoms with van der Waals surface area (Å²) in [6.07, 6.45) is 4.17. The molecule has 0 bridgehead atoms. The number of hydrogen-bond acceptors (Lipinski definition) is 6. The lowest BCUT2D eigenvalue weighted by atomic mass is 10.1. The lowest BCUT2D eigenvalue weighted by Crippen LogP contribution is -2.41. The SMILES string of the molecule is CC(C)(C)[Si](C)(C)OCCOCCOCCOCCOc1ccc(C=Cc2ccc(CN)cc2)cc1. The van der Waals surface area contributed by atoms with Crippen LogP contribution in [0, 0.1) is 0 Å². The molecule has 0 amide bonds. The van der Waals surface area contributed by atoms with E-state index in [9.17, 15) is 0 Å². The molecule has 0 heterocycles. The van der Waals surface area contributed by atoms with Gasteiger partial charge in [0.1, 0.15) is 12.4 Å². The first kappa shape index (κ1) is 30.2. The minimum atomic E-state index is -1.69. The lowest BCUT2D eigenvalue weighted by Gasteiger charge is -2.36. The molecule has 0 spiro atoms. The monoisotopic (exact) mass is 515 g/mol. The van der Waals surface area contributed by atoms with E-state index in [1.165, 1.54) is 0 Å². The summed E-state index contributed by atoms with van der Waals surface area (Å²) in [7, 11) is -1.69. The third-order valence-electron chi connectivity index (χ3n) is 6.30. The van der Waals surface area contributed by atoms with Crippen molar-refractivity contribution in [3.8, 4) is 5.75 Å². The van der Waals surface area contributed by atoms with Gasteiger partial charge in [0.2, 0.25) is 0 Å². The van der Waals surface area contributed by atoms with Crippen molar-refractivity contribution in [2.75, 3.05) is 52.9 Å². The molecule has 6 nitrogen and oxygen atoms in total. The van der Waals surface area contributed by atoms with E-state index in [1.54, 1.807) is 0 Å². The normalized spacial score (nSPS) is 12.4. The zero-order valence-corrected chi connectivity index (χ0v) is 23.8. The van der Waals surface area contributed by atoms with Gasteiger partial charge < -0.3 is 29.1 Å². The van der Waals surface area contributed by atoms with Gasteiger partial charge in [-0.3, -0.25) is 0 Å². The summed E-state index contributed by atoms with van der Waals surface area (Å²) in [4.78, 5) is 0. The fourth-order valence-electron chi connectivity index (χ4n) is 2.97. The third-order valence-corrected chi connectivity index (χ3v) is 10.8. The molecule has 0 aliphatic heterocycles. The lowest BCUT2D eigenvalue weighted by molar-refractivity contribution is 0.00431. The van der Waals surface area contributed by atoms with Crippen LogP contribution in [0.5, 0.6) is 5.75 Å². The predicted octanol–water partition coefficient (Wildman–Crippen LogP) is 5.77. The van der Waals surface area contributed by atoms with E-state index in [2.05, 4.69) is 58.2 Å². The Kier molecular flexibility index (Phi) is 13.4. The largest absolute Gasteiger partial charge is 0.491 e. The molecule has 2 aromatic carbocycles. The van der Waals surface area contributed by atoms with Crippen LogP contribution in [0.2, 0.25) is 18.1 Å². The topological polar surface area (TPSA) is 72.2 Å². The summed E-state index contributed by atoms with van der Waals surface area (Å²) >= 11 is 0. The van der Waals surface area contributed by atoms with Gasteiger partial charge in [-0.25, -0.2) is 0 Å². The zero-order chi connectivity index (χ0) is 26.3. The van der Waals surface area contributed by atoms with Gasteiger partial charge in [0.15, 0.2) is 8.32 Å². The van der Waals surface area contributed by atoms with Crippen molar-refractivity contribution in [3.63, 3.8) is 0 Å². The Morgan fingerprint density at radius 1 is 0.667 bits per heavy atom. The molecule has 0 aromatic heterocycles. The second kappa shape index (κ2) is 16.0. The zero-order valence-electron chi connectivity index (χ0n) is 22.8. The van der Waals surface area contributed by atoms with Crippen LogP contribution in [0.4, 0.5) is 0 Å². The van der Waals surface area contributed by atoms with Gasteiger partial charge in [0, 0.05) is 6.54 Å². The van der Waals surface area contributed by atoms with Crippen molar-refractivity contribution in [2.45, 2.75) is 45.4 Å². The Morgan fingerprint density at radius 3 is 1.58 bits per heavy atom. The summed E-state index contributed by atoms with van der Waals surface area (Å²) in [6, 6.07) is 16.3. The Hall–Kier alpha value is -2.00. The minimum Gasteiger partial charge on any atom is -0.491 e. The average molecular weight is 516 g/mol. The molecule has 200 valence electrons. The molecule has 2 rings (SSSR count). The molecule has 0 saturated carbocycles. The van der Waals surface area contributed by atoms with Crippen LogP contribution < -0.4 is 10.5 Å². The molecule has 0 atom stereocenters. The van der Waals surface area contributed by atoms with Crippen molar-refractivity contribution >= 4 is 20.5 Å². The van der Waals surface area contributed by atoms with Crippen molar-refractivity contribution < 1.29 is 23.4 Å². The smallest absolute Gasteiger partial charge is 0.192 e. The molecule has 0 fully saturated rings. The first-order chi connectivity index (χ1) is 17.2. The first-order valence-corrected chi connectivity index (χ1v) is 15.7. The van der Waals surface area contributed by atoms with Crippen LogP contribution in [-0.4, -0.2) is 61.2 Å². The fourth-order valence-corrected chi connectivity index (χ4v) is 3.99. The summed E-state index contributed by atoms with van der Waals surface area (Å²) in [5, 5.41) is 0.225. The maximum absolute atomic E-state index is 6.08. The van der Waals surface area contributed by atoms with Gasteiger partial charge in [0.25, 0.3) is 0 Å². The van der Waals surface area contributed by atoms with Gasteiger partial charge in [-0.2, -0.15) is 0 Å². The van der Waals surface area contributed by atoms with E-state index < -0.39 is 8.32 Å². The van der Waals surface area contributed by atoms with E-state index in [4.69, 9.17) is 29.1 Å². The van der Waals surface area contributed by atoms with Crippen LogP contribution in [0.1, 0.15) is 37.5 Å². The van der Waals surface area contributed by atoms with E-state index in [0.717, 1.165) is 22.4 Å². The second-order valence-electron chi connectivity index (χ2n) is 10.1. The summed E-state index contributed by atoms with van der Waals surface area (Å²) in [5.74, 6) is 0.828. The van der Waals surface area contributed by atoms with Crippen LogP contribution in [0.25, 0.3) is 12.2 Å². The molecule has 2 N–H and O–H groups in total. The van der Waals surface area contributed by atoms with Crippen molar-refractivity contribution in [1.29, 1.82) is 0 Å². The third kappa shape index (κ3) is 11.8. The Bertz CT molecular complexity index is 876. The molecule has 0 saturated heterocycles. The Labute approximate surface area is 218 Å². The van der Waals surface area contributed by atoms with Crippen LogP contribution >= 0.6 is 0 Å². The second-order valence-corrected chi connectivity index (χ2v) is 15.0. The van der Waals surface area contributed by atoms with E-state index >= 15 is 0 Å². The number of nitrogens with two attached hydrogens (primary N) is 1. The number of hydrogen-bond donors (Lipinski definition) is 1. The first-order valence-electron chi connectivity index (χ1n) is 12.8. The standard InChI is InChI=1S/C29H45NO5Si/c1-29(2,3)36(4,5)35-23-21-33-19-17-31-16-18-32-20-22-34-28-14-12-26(13-15-28)7-6-25-8-10-27(24-30)11-9-25/h6-15H,16-24,30H2,1-5H3. The van der Waals surface area contributed by atoms with E-state index in [0.29, 0.717) is 59.4 Å². The molecular weight excluding hydrogens is 470 g/mol. The average Bonchev–Trinajstić information content (AvgIpc) is 2.86. The summed E-state index contributed by atoms with van der Waals surface area (Å²) < 4.78 is 28.5. The van der Waals surface area contributed by atoms with Crippen molar-refractivity contribution in [1.82, 2.24) is 0 Å². The molecule has 0 aliphatic rings. The Morgan fingerprint density at radius 2 is 1.11 bits per heavy atom. The van der Waals surface area contributed by atoms with Gasteiger partial charge >= 0.3 is 0 Å². The van der Waals surface area contributed by atoms with Gasteiger partial charge in [-0.15, -0.1) is 0 Å². The highest BCUT2D eigenvalue weighted by Crippen LogP contribution is 2.36. The maximum atomic E-state index is 6.08. The molecular formula is C29H45NO5Si. The van der Waals surface area contributed by atoms with Crippen LogP contribution in [0.15, 0.2) is 48.5 Å². The predicted molar refractivity (Wildman–Crippen MR) is 151 cm³/mol. The fraction of sp³-hybridized carbons (Fsp3) is 0.517. The van der Waals surface area contributed by atoms with Gasteiger partial charge in [-0.05, 0) is 47.0 Å². The van der Waals surface area contributed by atoms with Crippen molar-refractivity contribution in [2.24, 2.45) is 5.73 Å². The minimum absolute atomic E-state index is 0.225. The highest BCUT2D eigenvalue weighted by molar-refractivity contribution is 6.74. The van der Waals surface area contributed by atoms with Gasteiger partial charge in [-0.1, -0.05) is 69.3 Å². The van der Waals surface area contributed by atoms with Crippen LogP contribution in [0.3, 0.4) is 0 Å². The number of rotatable bonds is 17. The van der Waals surface area contributed by atoms with Gasteiger partial charge in [0.05, 0.1) is 46.2 Å². The molecule has 36 heavy (non-hydrogen) atoms. The van der Waals surface area contributed by atoms with E-state index in [1.807, 2.05) is 36.4 Å². The highest BCUT2D eigenvalue weighted by Gasteiger charge is 2.36. The maximum Gasteiger partial charge on any atom is 0.192 e. The molecule has 2 aromatic rings. The van der Waals surface area contributed by atoms with Crippen molar-refractivity contribution in [3.05, 3.63) is 65.2 Å². The molecule has 7 heteroatoms. The summed E-state index contributed by atoms with van der Waals surface area (Å²) in [5.41, 5.74) is 9.04. The highest BCUT2D eigenvalue weighted by atomic mass is 28.4. The number of benzene rings is 2. The quantitative estimate of drug-likeness (QED) is 0.164. The van der Waals surface area contributed by atoms with E-state index in [-0.39, 0.29) is 5.04 Å². The molecule has 0 radical (unpaired) electrons. The van der Waals surface area contributed by atoms with Crippen LogP contribution in [-0.2, 0) is 25.2 Å². The Balaban J connectivity index is 1.45. The summed E-state index contributed by atoms with van der Waals surface area (Å²) in [6.45, 7) is 16.2.